The fourth-order valence-electron chi connectivity index (χ4n) is 3.75. The van der Waals surface area contributed by atoms with E-state index in [4.69, 9.17) is 9.73 Å². The number of aliphatic imine (C=N–C) groups is 1. The van der Waals surface area contributed by atoms with Crippen LogP contribution >= 0.6 is 24.0 Å². The van der Waals surface area contributed by atoms with Crippen molar-refractivity contribution in [3.05, 3.63) is 48.5 Å². The molecule has 2 saturated heterocycles. The van der Waals surface area contributed by atoms with Crippen LogP contribution in [-0.4, -0.2) is 40.3 Å². The summed E-state index contributed by atoms with van der Waals surface area (Å²) in [6.45, 7) is 3.55. The molecule has 4 rings (SSSR count). The molecule has 1 aromatic heterocycles. The maximum absolute atomic E-state index is 5.94. The van der Waals surface area contributed by atoms with Crippen LogP contribution in [0.4, 0.5) is 0 Å². The first-order valence-corrected chi connectivity index (χ1v) is 9.10. The van der Waals surface area contributed by atoms with E-state index < -0.39 is 0 Å². The van der Waals surface area contributed by atoms with Crippen molar-refractivity contribution >= 4 is 29.9 Å². The third kappa shape index (κ3) is 4.20. The van der Waals surface area contributed by atoms with E-state index in [9.17, 15) is 0 Å². The number of nitrogens with one attached hydrogen (secondary N) is 2. The molecule has 2 aliphatic rings. The molecule has 7 heteroatoms. The predicted molar refractivity (Wildman–Crippen MR) is 113 cm³/mol. The normalized spacial score (nSPS) is 24.3. The smallest absolute Gasteiger partial charge is 0.191 e. The van der Waals surface area contributed by atoms with E-state index in [-0.39, 0.29) is 24.0 Å². The van der Waals surface area contributed by atoms with Gasteiger partial charge < -0.3 is 19.9 Å². The lowest BCUT2D eigenvalue weighted by atomic mass is 9.96. The zero-order chi connectivity index (χ0) is 17.1. The number of halogens is 1. The molecule has 6 nitrogen and oxygen atoms in total. The highest BCUT2D eigenvalue weighted by atomic mass is 127. The molecule has 0 saturated carbocycles. The van der Waals surface area contributed by atoms with Gasteiger partial charge in [-0.05, 0) is 37.8 Å². The molecule has 0 radical (unpaired) electrons. The second-order valence-electron chi connectivity index (χ2n) is 6.65. The summed E-state index contributed by atoms with van der Waals surface area (Å²) in [6.07, 6.45) is 9.79. The lowest BCUT2D eigenvalue weighted by molar-refractivity contribution is 0.0992. The number of aromatic nitrogens is 2. The van der Waals surface area contributed by atoms with Crippen LogP contribution in [0.15, 0.2) is 48.0 Å². The topological polar surface area (TPSA) is 63.5 Å². The summed E-state index contributed by atoms with van der Waals surface area (Å²) in [6, 6.07) is 8.67. The van der Waals surface area contributed by atoms with Gasteiger partial charge in [0.15, 0.2) is 5.96 Å². The highest BCUT2D eigenvalue weighted by Gasteiger charge is 2.41. The fourth-order valence-corrected chi connectivity index (χ4v) is 3.75. The average Bonchev–Trinajstić information content (AvgIpc) is 3.38. The van der Waals surface area contributed by atoms with Crippen LogP contribution in [0.5, 0.6) is 0 Å². The molecule has 3 atom stereocenters. The highest BCUT2D eigenvalue weighted by Crippen LogP contribution is 2.34. The Morgan fingerprint density at radius 2 is 2.23 bits per heavy atom. The second-order valence-corrected chi connectivity index (χ2v) is 6.65. The minimum atomic E-state index is 0. The highest BCUT2D eigenvalue weighted by molar-refractivity contribution is 14.0. The summed E-state index contributed by atoms with van der Waals surface area (Å²) < 4.78 is 7.96. The van der Waals surface area contributed by atoms with Crippen molar-refractivity contribution < 1.29 is 4.74 Å². The van der Waals surface area contributed by atoms with Gasteiger partial charge in [-0.3, -0.25) is 0 Å². The van der Waals surface area contributed by atoms with Crippen LogP contribution in [0.3, 0.4) is 0 Å². The van der Waals surface area contributed by atoms with Gasteiger partial charge in [-0.15, -0.1) is 24.0 Å². The summed E-state index contributed by atoms with van der Waals surface area (Å²) in [4.78, 5) is 8.95. The Balaban J connectivity index is 0.00000196. The second kappa shape index (κ2) is 8.85. The van der Waals surface area contributed by atoms with Crippen LogP contribution in [-0.2, 0) is 11.3 Å². The molecule has 2 aliphatic heterocycles. The van der Waals surface area contributed by atoms with Gasteiger partial charge in [-0.25, -0.2) is 9.98 Å². The van der Waals surface area contributed by atoms with E-state index >= 15 is 0 Å². The number of hydrogen-bond acceptors (Lipinski definition) is 3. The van der Waals surface area contributed by atoms with Gasteiger partial charge in [0.1, 0.15) is 0 Å². The SMILES string of the molecule is CCNC(=NCc1ccccc1-n1ccnc1)NC1CC2CCC1O2.I. The van der Waals surface area contributed by atoms with E-state index in [1.165, 1.54) is 12.0 Å². The molecule has 0 amide bonds. The number of imidazole rings is 1. The molecular weight excluding hydrogens is 441 g/mol. The molecule has 3 unspecified atom stereocenters. The van der Waals surface area contributed by atoms with Gasteiger partial charge in [0.2, 0.25) is 0 Å². The molecule has 26 heavy (non-hydrogen) atoms. The molecular formula is C19H26IN5O. The Bertz CT molecular complexity index is 733. The van der Waals surface area contributed by atoms with Crippen LogP contribution in [0, 0.1) is 0 Å². The van der Waals surface area contributed by atoms with Gasteiger partial charge in [-0.1, -0.05) is 18.2 Å². The molecule has 2 N–H and O–H groups in total. The average molecular weight is 467 g/mol. The number of fused-ring (bicyclic) bond motifs is 2. The third-order valence-corrected chi connectivity index (χ3v) is 4.95. The van der Waals surface area contributed by atoms with Crippen molar-refractivity contribution in [1.29, 1.82) is 0 Å². The molecule has 0 spiro atoms. The van der Waals surface area contributed by atoms with Crippen LogP contribution in [0.2, 0.25) is 0 Å². The van der Waals surface area contributed by atoms with Crippen molar-refractivity contribution in [2.75, 3.05) is 6.54 Å². The number of para-hydroxylation sites is 1. The van der Waals surface area contributed by atoms with Crippen molar-refractivity contribution in [2.24, 2.45) is 4.99 Å². The lowest BCUT2D eigenvalue weighted by Gasteiger charge is -2.22. The summed E-state index contributed by atoms with van der Waals surface area (Å²) in [5.74, 6) is 0.865. The molecule has 3 heterocycles. The quantitative estimate of drug-likeness (QED) is 0.404. The minimum absolute atomic E-state index is 0. The number of nitrogens with zero attached hydrogens (tertiary/aromatic N) is 3. The van der Waals surface area contributed by atoms with Crippen LogP contribution in [0.1, 0.15) is 31.7 Å². The number of benzene rings is 1. The Kier molecular flexibility index (Phi) is 6.53. The number of hydrogen-bond donors (Lipinski definition) is 2. The van der Waals surface area contributed by atoms with Crippen molar-refractivity contribution in [1.82, 2.24) is 20.2 Å². The number of rotatable bonds is 5. The van der Waals surface area contributed by atoms with E-state index in [1.54, 1.807) is 6.20 Å². The zero-order valence-electron chi connectivity index (χ0n) is 15.0. The zero-order valence-corrected chi connectivity index (χ0v) is 17.3. The Morgan fingerprint density at radius 1 is 1.35 bits per heavy atom. The molecule has 2 fully saturated rings. The van der Waals surface area contributed by atoms with E-state index in [0.29, 0.717) is 24.8 Å². The number of guanidine groups is 1. The molecule has 2 aromatic rings. The number of ether oxygens (including phenoxy) is 1. The monoisotopic (exact) mass is 467 g/mol. The van der Waals surface area contributed by atoms with Crippen LogP contribution < -0.4 is 10.6 Å². The minimum Gasteiger partial charge on any atom is -0.373 e. The molecule has 140 valence electrons. The van der Waals surface area contributed by atoms with Gasteiger partial charge in [0.05, 0.1) is 36.8 Å². The Hall–Kier alpha value is -1.61. The molecule has 1 aromatic carbocycles. The summed E-state index contributed by atoms with van der Waals surface area (Å²) >= 11 is 0. The van der Waals surface area contributed by atoms with Crippen molar-refractivity contribution in [2.45, 2.75) is 51.0 Å². The third-order valence-electron chi connectivity index (χ3n) is 4.95. The van der Waals surface area contributed by atoms with Gasteiger partial charge in [0, 0.05) is 18.9 Å². The first-order valence-electron chi connectivity index (χ1n) is 9.10. The molecule has 0 aliphatic carbocycles. The maximum Gasteiger partial charge on any atom is 0.191 e. The summed E-state index contributed by atoms with van der Waals surface area (Å²) in [5, 5.41) is 6.93. The lowest BCUT2D eigenvalue weighted by Crippen LogP contribution is -2.47. The van der Waals surface area contributed by atoms with Gasteiger partial charge in [0.25, 0.3) is 0 Å². The van der Waals surface area contributed by atoms with E-state index in [0.717, 1.165) is 31.0 Å². The van der Waals surface area contributed by atoms with Gasteiger partial charge in [-0.2, -0.15) is 0 Å². The van der Waals surface area contributed by atoms with Crippen molar-refractivity contribution in [3.8, 4) is 5.69 Å². The maximum atomic E-state index is 5.94. The van der Waals surface area contributed by atoms with Crippen molar-refractivity contribution in [3.63, 3.8) is 0 Å². The predicted octanol–water partition coefficient (Wildman–Crippen LogP) is 2.87. The van der Waals surface area contributed by atoms with E-state index in [1.807, 2.05) is 23.2 Å². The van der Waals surface area contributed by atoms with Gasteiger partial charge >= 0.3 is 0 Å². The summed E-state index contributed by atoms with van der Waals surface area (Å²) in [5.41, 5.74) is 2.28. The standard InChI is InChI=1S/C19H25N5O.HI/c1-2-21-19(23-16-11-15-7-8-18(16)25-15)22-12-14-5-3-4-6-17(14)24-10-9-20-13-24;/h3-6,9-10,13,15-16,18H,2,7-8,11-12H2,1H3,(H2,21,22,23);1H. The first-order chi connectivity index (χ1) is 12.3. The van der Waals surface area contributed by atoms with Crippen LogP contribution in [0.25, 0.3) is 5.69 Å². The first kappa shape index (κ1) is 19.2. The molecule has 2 bridgehead atoms. The Morgan fingerprint density at radius 3 is 2.92 bits per heavy atom. The Labute approximate surface area is 171 Å². The fraction of sp³-hybridized carbons (Fsp3) is 0.474. The van der Waals surface area contributed by atoms with E-state index in [2.05, 4.69) is 40.7 Å². The largest absolute Gasteiger partial charge is 0.373 e. The summed E-state index contributed by atoms with van der Waals surface area (Å²) in [7, 11) is 0.